The summed E-state index contributed by atoms with van der Waals surface area (Å²) in [5.41, 5.74) is 0.552. The van der Waals surface area contributed by atoms with E-state index in [1.54, 1.807) is 0 Å². The maximum absolute atomic E-state index is 12.7. The lowest BCUT2D eigenvalue weighted by Gasteiger charge is -2.14. The number of Topliss-reactive ketones (excluding diaryl/α,β-unsaturated/α-hetero) is 1. The van der Waals surface area contributed by atoms with E-state index in [1.165, 1.54) is 24.3 Å². The largest absolute Gasteiger partial charge is 0.395 e. The van der Waals surface area contributed by atoms with Crippen molar-refractivity contribution in [3.05, 3.63) is 35.6 Å². The zero-order chi connectivity index (χ0) is 12.7. The molecule has 94 valence electrons. The Morgan fingerprint density at radius 3 is 2.53 bits per heavy atom. The van der Waals surface area contributed by atoms with Crippen LogP contribution in [0, 0.1) is 5.82 Å². The molecule has 17 heavy (non-hydrogen) atoms. The first-order chi connectivity index (χ1) is 8.13. The Bertz CT molecular complexity index is 351. The molecule has 0 aliphatic carbocycles. The van der Waals surface area contributed by atoms with E-state index in [0.717, 1.165) is 13.0 Å². The van der Waals surface area contributed by atoms with Crippen LogP contribution < -0.4 is 0 Å². The van der Waals surface area contributed by atoms with Gasteiger partial charge in [-0.25, -0.2) is 4.39 Å². The quantitative estimate of drug-likeness (QED) is 0.736. The molecule has 0 aromatic heterocycles. The van der Waals surface area contributed by atoms with E-state index in [4.69, 9.17) is 5.11 Å². The van der Waals surface area contributed by atoms with E-state index in [1.807, 2.05) is 11.9 Å². The molecule has 0 amide bonds. The summed E-state index contributed by atoms with van der Waals surface area (Å²) < 4.78 is 12.7. The van der Waals surface area contributed by atoms with Crippen molar-refractivity contribution in [1.82, 2.24) is 4.90 Å². The van der Waals surface area contributed by atoms with Gasteiger partial charge in [-0.2, -0.15) is 0 Å². The topological polar surface area (TPSA) is 40.5 Å². The number of hydrogen-bond donors (Lipinski definition) is 1. The average molecular weight is 239 g/mol. The number of ketones is 1. The highest BCUT2D eigenvalue weighted by molar-refractivity contribution is 5.95. The molecule has 0 heterocycles. The summed E-state index contributed by atoms with van der Waals surface area (Å²) in [6, 6.07) is 5.61. The molecular formula is C13H18FNO2. The number of halogens is 1. The number of carbonyl (C=O) groups excluding carboxylic acids is 1. The van der Waals surface area contributed by atoms with Gasteiger partial charge in [-0.3, -0.25) is 4.79 Å². The minimum Gasteiger partial charge on any atom is -0.395 e. The Labute approximate surface area is 101 Å². The molecule has 4 heteroatoms. The van der Waals surface area contributed by atoms with Crippen LogP contribution in [0.15, 0.2) is 24.3 Å². The molecule has 0 saturated carbocycles. The van der Waals surface area contributed by atoms with Gasteiger partial charge < -0.3 is 10.0 Å². The number of rotatable bonds is 7. The number of aliphatic hydroxyl groups is 1. The van der Waals surface area contributed by atoms with E-state index in [0.29, 0.717) is 18.5 Å². The molecule has 1 aromatic rings. The van der Waals surface area contributed by atoms with E-state index in [-0.39, 0.29) is 18.2 Å². The van der Waals surface area contributed by atoms with Gasteiger partial charge in [0.05, 0.1) is 6.61 Å². The van der Waals surface area contributed by atoms with E-state index in [2.05, 4.69) is 0 Å². The van der Waals surface area contributed by atoms with Crippen LogP contribution in [0.2, 0.25) is 0 Å². The second-order valence-electron chi connectivity index (χ2n) is 4.06. The number of aliphatic hydroxyl groups excluding tert-OH is 1. The molecule has 1 aromatic carbocycles. The molecule has 0 atom stereocenters. The van der Waals surface area contributed by atoms with Crippen molar-refractivity contribution in [3.8, 4) is 0 Å². The Balaban J connectivity index is 2.32. The Kier molecular flexibility index (Phi) is 5.80. The maximum Gasteiger partial charge on any atom is 0.162 e. The van der Waals surface area contributed by atoms with Crippen molar-refractivity contribution in [1.29, 1.82) is 0 Å². The van der Waals surface area contributed by atoms with E-state index >= 15 is 0 Å². The molecule has 0 aliphatic rings. The van der Waals surface area contributed by atoms with Crippen LogP contribution in [0.3, 0.4) is 0 Å². The minimum absolute atomic E-state index is 0.0300. The molecular weight excluding hydrogens is 221 g/mol. The summed E-state index contributed by atoms with van der Waals surface area (Å²) in [4.78, 5) is 13.7. The first-order valence-corrected chi connectivity index (χ1v) is 5.71. The summed E-state index contributed by atoms with van der Waals surface area (Å²) in [6.07, 6.45) is 1.19. The first kappa shape index (κ1) is 13.8. The lowest BCUT2D eigenvalue weighted by molar-refractivity contribution is 0.0975. The Morgan fingerprint density at radius 1 is 1.29 bits per heavy atom. The summed E-state index contributed by atoms with van der Waals surface area (Å²) in [5.74, 6) is -0.299. The average Bonchev–Trinajstić information content (AvgIpc) is 2.30. The lowest BCUT2D eigenvalue weighted by Crippen LogP contribution is -2.23. The van der Waals surface area contributed by atoms with Gasteiger partial charge in [0.25, 0.3) is 0 Å². The third-order valence-electron chi connectivity index (χ3n) is 2.59. The van der Waals surface area contributed by atoms with Gasteiger partial charge in [-0.1, -0.05) is 0 Å². The summed E-state index contributed by atoms with van der Waals surface area (Å²) in [7, 11) is 1.90. The molecule has 0 radical (unpaired) electrons. The third-order valence-corrected chi connectivity index (χ3v) is 2.59. The lowest BCUT2D eigenvalue weighted by atomic mass is 10.1. The van der Waals surface area contributed by atoms with E-state index < -0.39 is 0 Å². The predicted octanol–water partition coefficient (Wildman–Crippen LogP) is 1.71. The third kappa shape index (κ3) is 5.06. The van der Waals surface area contributed by atoms with Crippen molar-refractivity contribution in [2.45, 2.75) is 12.8 Å². The Hall–Kier alpha value is -1.26. The number of carbonyl (C=O) groups is 1. The zero-order valence-electron chi connectivity index (χ0n) is 10.0. The second kappa shape index (κ2) is 7.14. The fourth-order valence-corrected chi connectivity index (χ4v) is 1.57. The van der Waals surface area contributed by atoms with Gasteiger partial charge in [0.2, 0.25) is 0 Å². The molecule has 0 fully saturated rings. The first-order valence-electron chi connectivity index (χ1n) is 5.71. The van der Waals surface area contributed by atoms with E-state index in [9.17, 15) is 9.18 Å². The van der Waals surface area contributed by atoms with Gasteiger partial charge in [-0.05, 0) is 44.3 Å². The van der Waals surface area contributed by atoms with Crippen LogP contribution >= 0.6 is 0 Å². The smallest absolute Gasteiger partial charge is 0.162 e. The van der Waals surface area contributed by atoms with Crippen LogP contribution in [0.4, 0.5) is 4.39 Å². The molecule has 0 bridgehead atoms. The van der Waals surface area contributed by atoms with Crippen molar-refractivity contribution in [2.24, 2.45) is 0 Å². The molecule has 0 saturated heterocycles. The standard InChI is InChI=1S/C13H18FNO2/c1-15(9-10-16)8-2-3-13(17)11-4-6-12(14)7-5-11/h4-7,16H,2-3,8-10H2,1H3. The maximum atomic E-state index is 12.7. The highest BCUT2D eigenvalue weighted by Crippen LogP contribution is 2.07. The fourth-order valence-electron chi connectivity index (χ4n) is 1.57. The fraction of sp³-hybridized carbons (Fsp3) is 0.462. The molecule has 0 spiro atoms. The number of nitrogens with zero attached hydrogens (tertiary/aromatic N) is 1. The summed E-state index contributed by atoms with van der Waals surface area (Å²) in [6.45, 7) is 1.51. The summed E-state index contributed by atoms with van der Waals surface area (Å²) in [5, 5.41) is 8.71. The molecule has 0 aliphatic heterocycles. The SMILES string of the molecule is CN(CCO)CCCC(=O)c1ccc(F)cc1. The summed E-state index contributed by atoms with van der Waals surface area (Å²) >= 11 is 0. The van der Waals surface area contributed by atoms with Gasteiger partial charge in [-0.15, -0.1) is 0 Å². The number of benzene rings is 1. The van der Waals surface area contributed by atoms with Gasteiger partial charge in [0.15, 0.2) is 5.78 Å². The highest BCUT2D eigenvalue weighted by atomic mass is 19.1. The van der Waals surface area contributed by atoms with Crippen molar-refractivity contribution in [3.63, 3.8) is 0 Å². The molecule has 0 unspecified atom stereocenters. The van der Waals surface area contributed by atoms with Crippen LogP contribution in [0.25, 0.3) is 0 Å². The predicted molar refractivity (Wildman–Crippen MR) is 64.5 cm³/mol. The van der Waals surface area contributed by atoms with Gasteiger partial charge in [0.1, 0.15) is 5.82 Å². The van der Waals surface area contributed by atoms with Crippen molar-refractivity contribution < 1.29 is 14.3 Å². The zero-order valence-corrected chi connectivity index (χ0v) is 10.0. The van der Waals surface area contributed by atoms with Crippen LogP contribution in [0.1, 0.15) is 23.2 Å². The minimum atomic E-state index is -0.329. The van der Waals surface area contributed by atoms with Crippen molar-refractivity contribution >= 4 is 5.78 Å². The van der Waals surface area contributed by atoms with Crippen LogP contribution in [-0.4, -0.2) is 42.5 Å². The number of likely N-dealkylation sites (N-methyl/N-ethyl adjacent to an activating group) is 1. The molecule has 3 nitrogen and oxygen atoms in total. The monoisotopic (exact) mass is 239 g/mol. The normalized spacial score (nSPS) is 10.8. The Morgan fingerprint density at radius 2 is 1.94 bits per heavy atom. The second-order valence-corrected chi connectivity index (χ2v) is 4.06. The van der Waals surface area contributed by atoms with Crippen LogP contribution in [0.5, 0.6) is 0 Å². The molecule has 1 N–H and O–H groups in total. The highest BCUT2D eigenvalue weighted by Gasteiger charge is 2.06. The van der Waals surface area contributed by atoms with Crippen molar-refractivity contribution in [2.75, 3.05) is 26.7 Å². The molecule has 1 rings (SSSR count). The van der Waals surface area contributed by atoms with Gasteiger partial charge in [0, 0.05) is 18.5 Å². The van der Waals surface area contributed by atoms with Crippen LogP contribution in [-0.2, 0) is 0 Å². The number of hydrogen-bond acceptors (Lipinski definition) is 3. The van der Waals surface area contributed by atoms with Gasteiger partial charge >= 0.3 is 0 Å².